The minimum absolute atomic E-state index is 0.358. The third-order valence-corrected chi connectivity index (χ3v) is 5.26. The van der Waals surface area contributed by atoms with Gasteiger partial charge < -0.3 is 20.4 Å². The zero-order valence-corrected chi connectivity index (χ0v) is 18.6. The Morgan fingerprint density at radius 2 is 1.53 bits per heavy atom. The standard InChI is InChI=1S/C25H20F3N3O2S/c26-25(27,28)21-7-3-2-6-20(21)23(32)30-17-9-11-18(12-10-17)31-24(34)29-14-13-19-15-16-5-1-4-8-22(16)33-19/h1-12,15H,13-14H2,(H,30,32)(H2,29,31,34). The molecule has 0 fully saturated rings. The molecule has 3 aromatic carbocycles. The van der Waals surface area contributed by atoms with E-state index < -0.39 is 23.2 Å². The highest BCUT2D eigenvalue weighted by Crippen LogP contribution is 2.32. The summed E-state index contributed by atoms with van der Waals surface area (Å²) in [6, 6.07) is 20.9. The molecule has 0 radical (unpaired) electrons. The molecule has 0 spiro atoms. The van der Waals surface area contributed by atoms with E-state index in [0.29, 0.717) is 29.5 Å². The monoisotopic (exact) mass is 483 g/mol. The number of furan rings is 1. The summed E-state index contributed by atoms with van der Waals surface area (Å²) < 4.78 is 45.2. The molecule has 0 aliphatic heterocycles. The number of para-hydroxylation sites is 1. The van der Waals surface area contributed by atoms with Crippen LogP contribution in [0.25, 0.3) is 11.0 Å². The Morgan fingerprint density at radius 1 is 0.882 bits per heavy atom. The summed E-state index contributed by atoms with van der Waals surface area (Å²) in [5.74, 6) is 0.0140. The molecule has 9 heteroatoms. The van der Waals surface area contributed by atoms with E-state index in [9.17, 15) is 18.0 Å². The summed E-state index contributed by atoms with van der Waals surface area (Å²) in [4.78, 5) is 12.4. The first kappa shape index (κ1) is 23.3. The van der Waals surface area contributed by atoms with E-state index in [1.165, 1.54) is 12.1 Å². The molecule has 4 rings (SSSR count). The topological polar surface area (TPSA) is 66.3 Å². The van der Waals surface area contributed by atoms with E-state index >= 15 is 0 Å². The molecule has 5 nitrogen and oxygen atoms in total. The Kier molecular flexibility index (Phi) is 6.83. The van der Waals surface area contributed by atoms with Crippen LogP contribution in [0.1, 0.15) is 21.7 Å². The Bertz CT molecular complexity index is 1280. The number of carbonyl (C=O) groups is 1. The van der Waals surface area contributed by atoms with Gasteiger partial charge in [-0.15, -0.1) is 0 Å². The molecule has 1 aromatic heterocycles. The van der Waals surface area contributed by atoms with Crippen LogP contribution in [-0.2, 0) is 12.6 Å². The van der Waals surface area contributed by atoms with Crippen molar-refractivity contribution in [3.05, 3.63) is 95.7 Å². The fraction of sp³-hybridized carbons (Fsp3) is 0.120. The summed E-state index contributed by atoms with van der Waals surface area (Å²) in [7, 11) is 0. The Labute approximate surface area is 199 Å². The summed E-state index contributed by atoms with van der Waals surface area (Å²) in [6.45, 7) is 0.568. The van der Waals surface area contributed by atoms with Crippen LogP contribution in [0.5, 0.6) is 0 Å². The van der Waals surface area contributed by atoms with Gasteiger partial charge in [0.1, 0.15) is 11.3 Å². The van der Waals surface area contributed by atoms with Gasteiger partial charge in [0, 0.05) is 29.7 Å². The van der Waals surface area contributed by atoms with Crippen LogP contribution >= 0.6 is 12.2 Å². The van der Waals surface area contributed by atoms with Gasteiger partial charge in [-0.2, -0.15) is 13.2 Å². The highest BCUT2D eigenvalue weighted by molar-refractivity contribution is 7.80. The quantitative estimate of drug-likeness (QED) is 0.284. The zero-order chi connectivity index (χ0) is 24.1. The molecule has 0 atom stereocenters. The van der Waals surface area contributed by atoms with Gasteiger partial charge in [-0.3, -0.25) is 4.79 Å². The molecule has 0 saturated heterocycles. The average molecular weight is 484 g/mol. The Balaban J connectivity index is 1.29. The molecule has 3 N–H and O–H groups in total. The second-order valence-corrected chi connectivity index (χ2v) is 7.86. The second-order valence-electron chi connectivity index (χ2n) is 7.46. The molecule has 1 amide bonds. The van der Waals surface area contributed by atoms with Gasteiger partial charge in [0.15, 0.2) is 5.11 Å². The number of alkyl halides is 3. The lowest BCUT2D eigenvalue weighted by atomic mass is 10.1. The Morgan fingerprint density at radius 3 is 2.24 bits per heavy atom. The van der Waals surface area contributed by atoms with Crippen molar-refractivity contribution in [3.8, 4) is 0 Å². The number of rotatable bonds is 6. The van der Waals surface area contributed by atoms with E-state index in [2.05, 4.69) is 16.0 Å². The first-order chi connectivity index (χ1) is 16.3. The number of nitrogens with one attached hydrogen (secondary N) is 3. The SMILES string of the molecule is O=C(Nc1ccc(NC(=S)NCCc2cc3ccccc3o2)cc1)c1ccccc1C(F)(F)F. The fourth-order valence-electron chi connectivity index (χ4n) is 3.40. The summed E-state index contributed by atoms with van der Waals surface area (Å²) >= 11 is 5.30. The molecule has 0 unspecified atom stereocenters. The molecule has 4 aromatic rings. The Hall–Kier alpha value is -3.85. The average Bonchev–Trinajstić information content (AvgIpc) is 3.22. The fourth-order valence-corrected chi connectivity index (χ4v) is 3.62. The smallest absolute Gasteiger partial charge is 0.417 e. The van der Waals surface area contributed by atoms with Crippen molar-refractivity contribution in [1.29, 1.82) is 0 Å². The van der Waals surface area contributed by atoms with Crippen molar-refractivity contribution < 1.29 is 22.4 Å². The predicted octanol–water partition coefficient (Wildman–Crippen LogP) is 6.23. The maximum Gasteiger partial charge on any atom is 0.417 e. The molecule has 0 aliphatic carbocycles. The molecule has 0 aliphatic rings. The van der Waals surface area contributed by atoms with Gasteiger partial charge in [-0.1, -0.05) is 30.3 Å². The van der Waals surface area contributed by atoms with Crippen LogP contribution in [0.3, 0.4) is 0 Å². The number of thiocarbonyl (C=S) groups is 1. The van der Waals surface area contributed by atoms with Gasteiger partial charge in [0.05, 0.1) is 11.1 Å². The number of halogens is 3. The van der Waals surface area contributed by atoms with Gasteiger partial charge in [0.25, 0.3) is 5.91 Å². The minimum Gasteiger partial charge on any atom is -0.461 e. The van der Waals surface area contributed by atoms with Crippen LogP contribution in [0.2, 0.25) is 0 Å². The summed E-state index contributed by atoms with van der Waals surface area (Å²) in [6.07, 6.45) is -3.96. The van der Waals surface area contributed by atoms with Gasteiger partial charge >= 0.3 is 6.18 Å². The molecule has 0 bridgehead atoms. The lowest BCUT2D eigenvalue weighted by molar-refractivity contribution is -0.137. The van der Waals surface area contributed by atoms with Gasteiger partial charge in [0.2, 0.25) is 0 Å². The number of carbonyl (C=O) groups excluding carboxylic acids is 1. The molecule has 174 valence electrons. The highest BCUT2D eigenvalue weighted by Gasteiger charge is 2.34. The van der Waals surface area contributed by atoms with E-state index in [-0.39, 0.29) is 0 Å². The van der Waals surface area contributed by atoms with E-state index in [1.807, 2.05) is 30.3 Å². The highest BCUT2D eigenvalue weighted by atomic mass is 32.1. The van der Waals surface area contributed by atoms with E-state index in [0.717, 1.165) is 28.9 Å². The van der Waals surface area contributed by atoms with Crippen LogP contribution < -0.4 is 16.0 Å². The number of anilines is 2. The van der Waals surface area contributed by atoms with Crippen molar-refractivity contribution in [2.24, 2.45) is 0 Å². The molecule has 1 heterocycles. The van der Waals surface area contributed by atoms with Crippen molar-refractivity contribution >= 4 is 45.6 Å². The molecular formula is C25H20F3N3O2S. The summed E-state index contributed by atoms with van der Waals surface area (Å²) in [5.41, 5.74) is 0.440. The van der Waals surface area contributed by atoms with Crippen molar-refractivity contribution in [3.63, 3.8) is 0 Å². The maximum atomic E-state index is 13.1. The van der Waals surface area contributed by atoms with E-state index in [1.54, 1.807) is 24.3 Å². The molecule has 0 saturated carbocycles. The number of benzene rings is 3. The predicted molar refractivity (Wildman–Crippen MR) is 130 cm³/mol. The summed E-state index contributed by atoms with van der Waals surface area (Å²) in [5, 5.41) is 10.1. The third kappa shape index (κ3) is 5.74. The minimum atomic E-state index is -4.62. The van der Waals surface area contributed by atoms with Crippen molar-refractivity contribution in [2.45, 2.75) is 12.6 Å². The van der Waals surface area contributed by atoms with Crippen LogP contribution in [-0.4, -0.2) is 17.6 Å². The lowest BCUT2D eigenvalue weighted by Gasteiger charge is -2.13. The van der Waals surface area contributed by atoms with Crippen LogP contribution in [0.15, 0.2) is 83.3 Å². The van der Waals surface area contributed by atoms with Crippen molar-refractivity contribution in [1.82, 2.24) is 5.32 Å². The normalized spacial score (nSPS) is 11.3. The number of amides is 1. The first-order valence-electron chi connectivity index (χ1n) is 10.4. The number of hydrogen-bond acceptors (Lipinski definition) is 3. The number of hydrogen-bond donors (Lipinski definition) is 3. The zero-order valence-electron chi connectivity index (χ0n) is 17.8. The number of fused-ring (bicyclic) bond motifs is 1. The van der Waals surface area contributed by atoms with Gasteiger partial charge in [-0.25, -0.2) is 0 Å². The second kappa shape index (κ2) is 9.96. The molecule has 34 heavy (non-hydrogen) atoms. The van der Waals surface area contributed by atoms with E-state index in [4.69, 9.17) is 16.6 Å². The van der Waals surface area contributed by atoms with Crippen LogP contribution in [0.4, 0.5) is 24.5 Å². The molecular weight excluding hydrogens is 463 g/mol. The maximum absolute atomic E-state index is 13.1. The van der Waals surface area contributed by atoms with Crippen molar-refractivity contribution in [2.75, 3.05) is 17.2 Å². The van der Waals surface area contributed by atoms with Crippen LogP contribution in [0, 0.1) is 0 Å². The lowest BCUT2D eigenvalue weighted by Crippen LogP contribution is -2.30. The third-order valence-electron chi connectivity index (χ3n) is 5.01. The first-order valence-corrected chi connectivity index (χ1v) is 10.8. The van der Waals surface area contributed by atoms with Gasteiger partial charge in [-0.05, 0) is 60.7 Å². The largest absolute Gasteiger partial charge is 0.461 e.